The number of benzene rings is 1. The number of rotatable bonds is 6. The highest BCUT2D eigenvalue weighted by molar-refractivity contribution is 5.33. The molecule has 0 radical (unpaired) electrons. The van der Waals surface area contributed by atoms with Crippen molar-refractivity contribution in [1.82, 2.24) is 9.88 Å². The predicted molar refractivity (Wildman–Crippen MR) is 88.0 cm³/mol. The summed E-state index contributed by atoms with van der Waals surface area (Å²) in [6.07, 6.45) is 3.69. The van der Waals surface area contributed by atoms with Gasteiger partial charge in [-0.05, 0) is 49.2 Å². The van der Waals surface area contributed by atoms with Crippen molar-refractivity contribution in [3.8, 4) is 0 Å². The Morgan fingerprint density at radius 3 is 2.43 bits per heavy atom. The zero-order chi connectivity index (χ0) is 15.2. The van der Waals surface area contributed by atoms with Gasteiger partial charge in [-0.2, -0.15) is 0 Å². The summed E-state index contributed by atoms with van der Waals surface area (Å²) in [6, 6.07) is 11.0. The molecule has 1 unspecified atom stereocenters. The Labute approximate surface area is 127 Å². The first-order valence-corrected chi connectivity index (χ1v) is 7.55. The Kier molecular flexibility index (Phi) is 5.48. The minimum absolute atomic E-state index is 0.253. The largest absolute Gasteiger partial charge is 0.329 e. The summed E-state index contributed by atoms with van der Waals surface area (Å²) in [4.78, 5) is 6.51. The first-order chi connectivity index (χ1) is 10.2. The smallest absolute Gasteiger partial charge is 0.0476 e. The van der Waals surface area contributed by atoms with Crippen molar-refractivity contribution in [2.45, 2.75) is 33.4 Å². The number of hydrogen-bond acceptors (Lipinski definition) is 3. The summed E-state index contributed by atoms with van der Waals surface area (Å²) in [5, 5.41) is 0. The van der Waals surface area contributed by atoms with Gasteiger partial charge in [-0.1, -0.05) is 30.7 Å². The standard InChI is InChI=1S/C18H25N3/c1-4-21(13-16-7-9-20-10-8-16)18(12-19)17-6-5-14(2)11-15(17)3/h5-11,18H,4,12-13,19H2,1-3H3. The van der Waals surface area contributed by atoms with Crippen molar-refractivity contribution in [3.05, 3.63) is 65.0 Å². The molecular weight excluding hydrogens is 258 g/mol. The molecule has 1 aromatic heterocycles. The number of nitrogens with two attached hydrogens (primary N) is 1. The molecule has 0 aliphatic carbocycles. The van der Waals surface area contributed by atoms with Crippen LogP contribution in [0.2, 0.25) is 0 Å². The van der Waals surface area contributed by atoms with E-state index in [9.17, 15) is 0 Å². The molecule has 0 spiro atoms. The molecule has 21 heavy (non-hydrogen) atoms. The Hall–Kier alpha value is -1.71. The van der Waals surface area contributed by atoms with E-state index in [0.717, 1.165) is 13.1 Å². The van der Waals surface area contributed by atoms with Gasteiger partial charge in [0.05, 0.1) is 0 Å². The maximum atomic E-state index is 6.09. The molecule has 112 valence electrons. The quantitative estimate of drug-likeness (QED) is 0.885. The highest BCUT2D eigenvalue weighted by atomic mass is 15.2. The predicted octanol–water partition coefficient (Wildman–Crippen LogP) is 3.22. The number of likely N-dealkylation sites (N-methyl/N-ethyl adjacent to an activating group) is 1. The molecule has 0 aliphatic rings. The van der Waals surface area contributed by atoms with Gasteiger partial charge < -0.3 is 5.73 Å². The fraction of sp³-hybridized carbons (Fsp3) is 0.389. The van der Waals surface area contributed by atoms with Gasteiger partial charge in [0.15, 0.2) is 0 Å². The highest BCUT2D eigenvalue weighted by Gasteiger charge is 2.19. The van der Waals surface area contributed by atoms with Gasteiger partial charge in [0.25, 0.3) is 0 Å². The molecule has 0 fully saturated rings. The van der Waals surface area contributed by atoms with Crippen LogP contribution in [0.5, 0.6) is 0 Å². The average Bonchev–Trinajstić information content (AvgIpc) is 2.49. The number of nitrogens with zero attached hydrogens (tertiary/aromatic N) is 2. The second kappa shape index (κ2) is 7.34. The number of aryl methyl sites for hydroxylation is 2. The average molecular weight is 283 g/mol. The molecule has 2 N–H and O–H groups in total. The summed E-state index contributed by atoms with van der Waals surface area (Å²) >= 11 is 0. The maximum absolute atomic E-state index is 6.09. The lowest BCUT2D eigenvalue weighted by Gasteiger charge is -2.31. The van der Waals surface area contributed by atoms with Crippen LogP contribution in [0.3, 0.4) is 0 Å². The van der Waals surface area contributed by atoms with Gasteiger partial charge >= 0.3 is 0 Å². The Bertz CT molecular complexity index is 566. The van der Waals surface area contributed by atoms with E-state index in [-0.39, 0.29) is 6.04 Å². The van der Waals surface area contributed by atoms with E-state index < -0.39 is 0 Å². The first kappa shape index (κ1) is 15.7. The lowest BCUT2D eigenvalue weighted by atomic mass is 9.97. The molecule has 0 amide bonds. The fourth-order valence-corrected chi connectivity index (χ4v) is 2.84. The van der Waals surface area contributed by atoms with Crippen LogP contribution >= 0.6 is 0 Å². The molecule has 3 heteroatoms. The molecular formula is C18H25N3. The molecule has 3 nitrogen and oxygen atoms in total. The zero-order valence-electron chi connectivity index (χ0n) is 13.2. The summed E-state index contributed by atoms with van der Waals surface area (Å²) in [7, 11) is 0. The minimum Gasteiger partial charge on any atom is -0.329 e. The number of hydrogen-bond donors (Lipinski definition) is 1. The van der Waals surface area contributed by atoms with E-state index >= 15 is 0 Å². The molecule has 2 rings (SSSR count). The fourth-order valence-electron chi connectivity index (χ4n) is 2.84. The Morgan fingerprint density at radius 1 is 1.14 bits per heavy atom. The molecule has 1 aromatic carbocycles. The summed E-state index contributed by atoms with van der Waals surface area (Å²) in [5.74, 6) is 0. The van der Waals surface area contributed by atoms with Gasteiger partial charge in [-0.25, -0.2) is 0 Å². The molecule has 0 aliphatic heterocycles. The van der Waals surface area contributed by atoms with Crippen molar-refractivity contribution < 1.29 is 0 Å². The molecule has 0 bridgehead atoms. The summed E-state index contributed by atoms with van der Waals surface area (Å²) in [6.45, 7) is 8.98. The number of aromatic nitrogens is 1. The van der Waals surface area contributed by atoms with E-state index in [1.165, 1.54) is 22.3 Å². The second-order valence-electron chi connectivity index (χ2n) is 5.53. The second-order valence-corrected chi connectivity index (χ2v) is 5.53. The van der Waals surface area contributed by atoms with Crippen LogP contribution < -0.4 is 5.73 Å². The third kappa shape index (κ3) is 3.90. The molecule has 2 aromatic rings. The van der Waals surface area contributed by atoms with Crippen LogP contribution in [0.1, 0.15) is 35.2 Å². The van der Waals surface area contributed by atoms with Crippen LogP contribution in [0.4, 0.5) is 0 Å². The Balaban J connectivity index is 2.25. The third-order valence-electron chi connectivity index (χ3n) is 3.99. The van der Waals surface area contributed by atoms with E-state index in [1.807, 2.05) is 12.4 Å². The van der Waals surface area contributed by atoms with Crippen molar-refractivity contribution in [3.63, 3.8) is 0 Å². The van der Waals surface area contributed by atoms with Gasteiger partial charge in [0, 0.05) is 31.5 Å². The van der Waals surface area contributed by atoms with Gasteiger partial charge in [-0.3, -0.25) is 9.88 Å². The number of pyridine rings is 1. The third-order valence-corrected chi connectivity index (χ3v) is 3.99. The van der Waals surface area contributed by atoms with Crippen LogP contribution in [0.15, 0.2) is 42.7 Å². The summed E-state index contributed by atoms with van der Waals surface area (Å²) < 4.78 is 0. The van der Waals surface area contributed by atoms with Gasteiger partial charge in [-0.15, -0.1) is 0 Å². The van der Waals surface area contributed by atoms with Crippen molar-refractivity contribution >= 4 is 0 Å². The molecule has 0 saturated carbocycles. The molecule has 1 heterocycles. The van der Waals surface area contributed by atoms with Crippen LogP contribution in [0, 0.1) is 13.8 Å². The van der Waals surface area contributed by atoms with E-state index in [0.29, 0.717) is 6.54 Å². The minimum atomic E-state index is 0.253. The SMILES string of the molecule is CCN(Cc1ccncc1)C(CN)c1ccc(C)cc1C. The van der Waals surface area contributed by atoms with E-state index in [1.54, 1.807) is 0 Å². The van der Waals surface area contributed by atoms with Gasteiger partial charge in [0.2, 0.25) is 0 Å². The normalized spacial score (nSPS) is 12.6. The van der Waals surface area contributed by atoms with Crippen LogP contribution in [0.25, 0.3) is 0 Å². The van der Waals surface area contributed by atoms with Crippen molar-refractivity contribution in [2.75, 3.05) is 13.1 Å². The lowest BCUT2D eigenvalue weighted by molar-refractivity contribution is 0.203. The van der Waals surface area contributed by atoms with Crippen molar-refractivity contribution in [2.24, 2.45) is 5.73 Å². The first-order valence-electron chi connectivity index (χ1n) is 7.55. The topological polar surface area (TPSA) is 42.2 Å². The van der Waals surface area contributed by atoms with Crippen LogP contribution in [-0.4, -0.2) is 23.0 Å². The van der Waals surface area contributed by atoms with Crippen molar-refractivity contribution in [1.29, 1.82) is 0 Å². The molecule has 0 saturated heterocycles. The summed E-state index contributed by atoms with van der Waals surface area (Å²) in [5.41, 5.74) is 11.3. The monoisotopic (exact) mass is 283 g/mol. The zero-order valence-corrected chi connectivity index (χ0v) is 13.2. The maximum Gasteiger partial charge on any atom is 0.0476 e. The lowest BCUT2D eigenvalue weighted by Crippen LogP contribution is -2.33. The molecule has 1 atom stereocenters. The van der Waals surface area contributed by atoms with E-state index in [4.69, 9.17) is 5.73 Å². The van der Waals surface area contributed by atoms with E-state index in [2.05, 4.69) is 61.0 Å². The Morgan fingerprint density at radius 2 is 1.86 bits per heavy atom. The highest BCUT2D eigenvalue weighted by Crippen LogP contribution is 2.25. The van der Waals surface area contributed by atoms with Gasteiger partial charge in [0.1, 0.15) is 0 Å². The van der Waals surface area contributed by atoms with Crippen LogP contribution in [-0.2, 0) is 6.54 Å².